The van der Waals surface area contributed by atoms with Crippen LogP contribution in [0.5, 0.6) is 0 Å². The van der Waals surface area contributed by atoms with Crippen molar-refractivity contribution in [3.05, 3.63) is 41.5 Å². The number of hydrogen-bond acceptors (Lipinski definition) is 3. The van der Waals surface area contributed by atoms with Crippen molar-refractivity contribution >= 4 is 17.9 Å². The fraction of sp³-hybridized carbons (Fsp3) is 0.524. The van der Waals surface area contributed by atoms with Crippen molar-refractivity contribution in [2.75, 3.05) is 0 Å². The molecule has 3 rings (SSSR count). The molecule has 2 atom stereocenters. The normalized spacial score (nSPS) is 30.2. The Morgan fingerprint density at radius 2 is 1.96 bits per heavy atom. The molecule has 0 spiro atoms. The standard InChI is InChI=1S/C21H28N2O2/c1-14(2)22-19(24)25-23-18-16(13-15-9-7-6-8-10-15)17-11-12-21(18,5)20(17,3)4/h6-10,13-14,17H,11-12H2,1-5H3,(H,22,24)/b16-13+,23-18-. The van der Waals surface area contributed by atoms with Gasteiger partial charge in [-0.2, -0.15) is 0 Å². The molecule has 2 unspecified atom stereocenters. The third-order valence-corrected chi connectivity index (χ3v) is 6.15. The van der Waals surface area contributed by atoms with E-state index in [1.807, 2.05) is 32.0 Å². The maximum atomic E-state index is 11.9. The van der Waals surface area contributed by atoms with Gasteiger partial charge in [0.25, 0.3) is 0 Å². The summed E-state index contributed by atoms with van der Waals surface area (Å²) < 4.78 is 0. The summed E-state index contributed by atoms with van der Waals surface area (Å²) in [5, 5.41) is 7.06. The lowest BCUT2D eigenvalue weighted by Gasteiger charge is -2.33. The highest BCUT2D eigenvalue weighted by Gasteiger charge is 2.62. The highest BCUT2D eigenvalue weighted by molar-refractivity contribution is 6.11. The SMILES string of the molecule is CC(C)NC(=O)O/N=C1/C(=C/c2ccccc2)C2CCC1(C)C2(C)C. The van der Waals surface area contributed by atoms with Gasteiger partial charge in [-0.25, -0.2) is 4.79 Å². The molecule has 2 fully saturated rings. The van der Waals surface area contributed by atoms with Gasteiger partial charge < -0.3 is 5.32 Å². The van der Waals surface area contributed by atoms with Gasteiger partial charge in [0, 0.05) is 11.5 Å². The molecule has 1 N–H and O–H groups in total. The van der Waals surface area contributed by atoms with Gasteiger partial charge in [-0.1, -0.05) is 56.3 Å². The van der Waals surface area contributed by atoms with Gasteiger partial charge >= 0.3 is 6.09 Å². The van der Waals surface area contributed by atoms with E-state index in [1.165, 1.54) is 5.57 Å². The molecule has 4 nitrogen and oxygen atoms in total. The van der Waals surface area contributed by atoms with Crippen molar-refractivity contribution in [3.63, 3.8) is 0 Å². The predicted octanol–water partition coefficient (Wildman–Crippen LogP) is 5.02. The van der Waals surface area contributed by atoms with Gasteiger partial charge in [-0.15, -0.1) is 0 Å². The smallest absolute Gasteiger partial charge is 0.317 e. The van der Waals surface area contributed by atoms with Crippen LogP contribution in [-0.4, -0.2) is 17.8 Å². The minimum Gasteiger partial charge on any atom is -0.317 e. The lowest BCUT2D eigenvalue weighted by molar-refractivity contribution is 0.144. The molecule has 0 aliphatic heterocycles. The summed E-state index contributed by atoms with van der Waals surface area (Å²) in [6.07, 6.45) is 3.94. The number of amides is 1. The summed E-state index contributed by atoms with van der Waals surface area (Å²) in [7, 11) is 0. The van der Waals surface area contributed by atoms with E-state index in [0.29, 0.717) is 5.92 Å². The molecule has 25 heavy (non-hydrogen) atoms. The molecule has 4 heteroatoms. The van der Waals surface area contributed by atoms with Crippen LogP contribution >= 0.6 is 0 Å². The van der Waals surface area contributed by atoms with Gasteiger partial charge in [0.1, 0.15) is 0 Å². The number of fused-ring (bicyclic) bond motifs is 2. The van der Waals surface area contributed by atoms with E-state index in [0.717, 1.165) is 24.1 Å². The molecule has 0 saturated heterocycles. The van der Waals surface area contributed by atoms with E-state index in [-0.39, 0.29) is 16.9 Å². The van der Waals surface area contributed by atoms with E-state index in [2.05, 4.69) is 49.5 Å². The first-order valence-electron chi connectivity index (χ1n) is 9.08. The lowest BCUT2D eigenvalue weighted by Crippen LogP contribution is -2.34. The van der Waals surface area contributed by atoms with Crippen molar-refractivity contribution in [2.24, 2.45) is 21.9 Å². The fourth-order valence-electron chi connectivity index (χ4n) is 4.35. The second-order valence-corrected chi connectivity index (χ2v) is 8.27. The van der Waals surface area contributed by atoms with Crippen molar-refractivity contribution in [3.8, 4) is 0 Å². The zero-order chi connectivity index (χ0) is 18.2. The van der Waals surface area contributed by atoms with Gasteiger partial charge in [0.2, 0.25) is 0 Å². The summed E-state index contributed by atoms with van der Waals surface area (Å²) >= 11 is 0. The zero-order valence-electron chi connectivity index (χ0n) is 15.8. The Morgan fingerprint density at radius 1 is 1.28 bits per heavy atom. The third-order valence-electron chi connectivity index (χ3n) is 6.15. The summed E-state index contributed by atoms with van der Waals surface area (Å²) in [6, 6.07) is 10.3. The largest absolute Gasteiger partial charge is 0.433 e. The maximum absolute atomic E-state index is 11.9. The summed E-state index contributed by atoms with van der Waals surface area (Å²) in [5.41, 5.74) is 3.32. The highest BCUT2D eigenvalue weighted by atomic mass is 16.7. The van der Waals surface area contributed by atoms with Crippen LogP contribution in [0, 0.1) is 16.7 Å². The van der Waals surface area contributed by atoms with Crippen molar-refractivity contribution in [1.82, 2.24) is 5.32 Å². The topological polar surface area (TPSA) is 50.7 Å². The number of hydrogen-bond donors (Lipinski definition) is 1. The van der Waals surface area contributed by atoms with Gasteiger partial charge in [0.15, 0.2) is 0 Å². The first-order chi connectivity index (χ1) is 11.8. The maximum Gasteiger partial charge on any atom is 0.433 e. The third kappa shape index (κ3) is 2.99. The Morgan fingerprint density at radius 3 is 2.60 bits per heavy atom. The molecule has 1 amide bonds. The number of carbonyl (C=O) groups is 1. The summed E-state index contributed by atoms with van der Waals surface area (Å²) in [5.74, 6) is 0.438. The number of oxime groups is 1. The van der Waals surface area contributed by atoms with Gasteiger partial charge in [0.05, 0.1) is 5.71 Å². The molecule has 2 aliphatic carbocycles. The second-order valence-electron chi connectivity index (χ2n) is 8.27. The van der Waals surface area contributed by atoms with Gasteiger partial charge in [-0.3, -0.25) is 4.84 Å². The van der Waals surface area contributed by atoms with Crippen LogP contribution < -0.4 is 5.32 Å². The average Bonchev–Trinajstić information content (AvgIpc) is 2.85. The van der Waals surface area contributed by atoms with Crippen LogP contribution in [-0.2, 0) is 4.84 Å². The summed E-state index contributed by atoms with van der Waals surface area (Å²) in [6.45, 7) is 10.7. The number of carbonyl (C=O) groups excluding carboxylic acids is 1. The van der Waals surface area contributed by atoms with Crippen molar-refractivity contribution in [2.45, 2.75) is 53.5 Å². The molecule has 2 aliphatic rings. The van der Waals surface area contributed by atoms with E-state index >= 15 is 0 Å². The Labute approximate surface area is 150 Å². The molecule has 0 radical (unpaired) electrons. The van der Waals surface area contributed by atoms with Crippen LogP contribution in [0.1, 0.15) is 53.0 Å². The van der Waals surface area contributed by atoms with Gasteiger partial charge in [-0.05, 0) is 55.2 Å². The monoisotopic (exact) mass is 340 g/mol. The van der Waals surface area contributed by atoms with E-state index in [9.17, 15) is 4.79 Å². The van der Waals surface area contributed by atoms with E-state index in [4.69, 9.17) is 4.84 Å². The fourth-order valence-corrected chi connectivity index (χ4v) is 4.35. The highest BCUT2D eigenvalue weighted by Crippen LogP contribution is 2.66. The zero-order valence-corrected chi connectivity index (χ0v) is 15.8. The Balaban J connectivity index is 1.97. The minimum atomic E-state index is -0.495. The van der Waals surface area contributed by atoms with Crippen LogP contribution in [0.3, 0.4) is 0 Å². The van der Waals surface area contributed by atoms with E-state index < -0.39 is 6.09 Å². The molecule has 1 aromatic rings. The summed E-state index contributed by atoms with van der Waals surface area (Å²) in [4.78, 5) is 17.1. The number of allylic oxidation sites excluding steroid dienone is 1. The molecule has 1 aromatic carbocycles. The predicted molar refractivity (Wildman–Crippen MR) is 101 cm³/mol. The van der Waals surface area contributed by atoms with Crippen LogP contribution in [0.4, 0.5) is 4.79 Å². The molecular formula is C21H28N2O2. The van der Waals surface area contributed by atoms with Crippen molar-refractivity contribution < 1.29 is 9.63 Å². The molecule has 0 heterocycles. The number of benzene rings is 1. The number of nitrogens with zero attached hydrogens (tertiary/aromatic N) is 1. The first-order valence-corrected chi connectivity index (χ1v) is 9.08. The number of rotatable bonds is 3. The van der Waals surface area contributed by atoms with Crippen molar-refractivity contribution in [1.29, 1.82) is 0 Å². The number of nitrogens with one attached hydrogen (secondary N) is 1. The minimum absolute atomic E-state index is 0.0269. The molecule has 2 saturated carbocycles. The Bertz CT molecular complexity index is 719. The molecule has 0 aromatic heterocycles. The second kappa shape index (κ2) is 6.32. The Kier molecular flexibility index (Phi) is 4.48. The Hall–Kier alpha value is -2.10. The quantitative estimate of drug-likeness (QED) is 0.620. The average molecular weight is 340 g/mol. The molecule has 134 valence electrons. The lowest BCUT2D eigenvalue weighted by atomic mass is 9.70. The molecule has 2 bridgehead atoms. The van der Waals surface area contributed by atoms with Crippen LogP contribution in [0.2, 0.25) is 0 Å². The van der Waals surface area contributed by atoms with Crippen LogP contribution in [0.25, 0.3) is 6.08 Å². The molecular weight excluding hydrogens is 312 g/mol. The van der Waals surface area contributed by atoms with E-state index in [1.54, 1.807) is 0 Å². The van der Waals surface area contributed by atoms with Crippen LogP contribution in [0.15, 0.2) is 41.1 Å². The first kappa shape index (κ1) is 17.7.